The third-order valence-electron chi connectivity index (χ3n) is 2.85. The van der Waals surface area contributed by atoms with Gasteiger partial charge in [0.2, 0.25) is 5.96 Å². The molecule has 1 aromatic heterocycles. The molecular formula is C16H19N5O2. The van der Waals surface area contributed by atoms with Crippen LogP contribution in [-0.2, 0) is 11.3 Å². The summed E-state index contributed by atoms with van der Waals surface area (Å²) in [5, 5.41) is 15.4. The first-order chi connectivity index (χ1) is 11.1. The number of aromatic nitrogens is 1. The number of carbonyl (C=O) groups is 1. The van der Waals surface area contributed by atoms with Crippen LogP contribution in [0.3, 0.4) is 0 Å². The van der Waals surface area contributed by atoms with Gasteiger partial charge in [0.15, 0.2) is 0 Å². The molecule has 0 spiro atoms. The highest BCUT2D eigenvalue weighted by molar-refractivity contribution is 6.01. The van der Waals surface area contributed by atoms with Gasteiger partial charge in [-0.1, -0.05) is 30.3 Å². The van der Waals surface area contributed by atoms with E-state index in [0.717, 1.165) is 5.56 Å². The monoisotopic (exact) mass is 313 g/mol. The molecule has 0 radical (unpaired) electrons. The Bertz CT molecular complexity index is 633. The summed E-state index contributed by atoms with van der Waals surface area (Å²) in [6, 6.07) is 12.6. The Kier molecular flexibility index (Phi) is 6.07. The van der Waals surface area contributed by atoms with Crippen LogP contribution in [0.5, 0.6) is 0 Å². The number of hydrogen-bond acceptors (Lipinski definition) is 4. The Balaban J connectivity index is 1.70. The van der Waals surface area contributed by atoms with Crippen molar-refractivity contribution in [2.75, 3.05) is 5.32 Å². The van der Waals surface area contributed by atoms with Crippen LogP contribution in [0.2, 0.25) is 0 Å². The van der Waals surface area contributed by atoms with Gasteiger partial charge in [-0.2, -0.15) is 0 Å². The van der Waals surface area contributed by atoms with E-state index in [1.807, 2.05) is 30.3 Å². The predicted molar refractivity (Wildman–Crippen MR) is 87.9 cm³/mol. The smallest absolute Gasteiger partial charge is 0.323 e. The van der Waals surface area contributed by atoms with Crippen molar-refractivity contribution in [1.29, 1.82) is 5.41 Å². The second-order valence-corrected chi connectivity index (χ2v) is 4.78. The molecule has 2 rings (SSSR count). The summed E-state index contributed by atoms with van der Waals surface area (Å²) in [6.45, 7) is 2.12. The summed E-state index contributed by atoms with van der Waals surface area (Å²) in [5.41, 5.74) is 1.64. The number of nitrogens with zero attached hydrogens (tertiary/aromatic N) is 1. The Morgan fingerprint density at radius 2 is 2.04 bits per heavy atom. The van der Waals surface area contributed by atoms with Crippen molar-refractivity contribution in [3.05, 3.63) is 60.4 Å². The highest BCUT2D eigenvalue weighted by atomic mass is 16.5. The summed E-state index contributed by atoms with van der Waals surface area (Å²) in [5.74, 6) is -0.147. The number of amides is 2. The zero-order valence-electron chi connectivity index (χ0n) is 12.7. The van der Waals surface area contributed by atoms with Crippen molar-refractivity contribution in [2.24, 2.45) is 0 Å². The van der Waals surface area contributed by atoms with Gasteiger partial charge in [-0.25, -0.2) is 4.79 Å². The number of rotatable bonds is 5. The van der Waals surface area contributed by atoms with Crippen LogP contribution >= 0.6 is 0 Å². The normalized spacial score (nSPS) is 11.3. The molecule has 0 bridgehead atoms. The number of anilines is 1. The lowest BCUT2D eigenvalue weighted by atomic mass is 10.2. The van der Waals surface area contributed by atoms with Crippen LogP contribution in [0.25, 0.3) is 0 Å². The summed E-state index contributed by atoms with van der Waals surface area (Å²) in [4.78, 5) is 15.7. The van der Waals surface area contributed by atoms with E-state index < -0.39 is 12.3 Å². The Hall–Kier alpha value is -2.93. The highest BCUT2D eigenvalue weighted by Crippen LogP contribution is 2.02. The maximum Gasteiger partial charge on any atom is 0.323 e. The molecule has 0 fully saturated rings. The van der Waals surface area contributed by atoms with Gasteiger partial charge in [0.1, 0.15) is 6.23 Å². The van der Waals surface area contributed by atoms with E-state index in [1.54, 1.807) is 31.5 Å². The molecule has 7 heteroatoms. The van der Waals surface area contributed by atoms with Crippen LogP contribution in [0, 0.1) is 5.41 Å². The fourth-order valence-electron chi connectivity index (χ4n) is 1.78. The molecule has 120 valence electrons. The largest absolute Gasteiger partial charge is 0.354 e. The number of benzene rings is 1. The molecule has 2 aromatic rings. The van der Waals surface area contributed by atoms with Gasteiger partial charge in [-0.3, -0.25) is 15.7 Å². The number of carbonyl (C=O) groups excluding carboxylic acids is 1. The Labute approximate surface area is 134 Å². The number of nitrogens with one attached hydrogen (secondary N) is 4. The fourth-order valence-corrected chi connectivity index (χ4v) is 1.78. The molecule has 0 saturated carbocycles. The molecule has 2 amide bonds. The van der Waals surface area contributed by atoms with Gasteiger partial charge in [-0.15, -0.1) is 0 Å². The topological polar surface area (TPSA) is 99.1 Å². The SMILES string of the molecule is CC(NC(=O)NC(=N)Nc1cccnc1)OCc1ccccc1. The van der Waals surface area contributed by atoms with Gasteiger partial charge in [-0.05, 0) is 24.6 Å². The van der Waals surface area contributed by atoms with Gasteiger partial charge >= 0.3 is 6.03 Å². The van der Waals surface area contributed by atoms with Crippen LogP contribution in [0.1, 0.15) is 12.5 Å². The molecule has 0 saturated heterocycles. The summed E-state index contributed by atoms with van der Waals surface area (Å²) >= 11 is 0. The van der Waals surface area contributed by atoms with E-state index >= 15 is 0 Å². The van der Waals surface area contributed by atoms with E-state index in [-0.39, 0.29) is 5.96 Å². The minimum absolute atomic E-state index is 0.147. The lowest BCUT2D eigenvalue weighted by molar-refractivity contribution is 0.0381. The van der Waals surface area contributed by atoms with E-state index in [9.17, 15) is 4.79 Å². The average molecular weight is 313 g/mol. The van der Waals surface area contributed by atoms with Crippen molar-refractivity contribution in [3.63, 3.8) is 0 Å². The van der Waals surface area contributed by atoms with Crippen molar-refractivity contribution < 1.29 is 9.53 Å². The maximum absolute atomic E-state index is 11.8. The summed E-state index contributed by atoms with van der Waals surface area (Å²) < 4.78 is 5.53. The van der Waals surface area contributed by atoms with Crippen LogP contribution in [-0.4, -0.2) is 23.2 Å². The first-order valence-corrected chi connectivity index (χ1v) is 7.12. The first-order valence-electron chi connectivity index (χ1n) is 7.12. The zero-order valence-corrected chi connectivity index (χ0v) is 12.7. The number of hydrogen-bond donors (Lipinski definition) is 4. The second-order valence-electron chi connectivity index (χ2n) is 4.78. The van der Waals surface area contributed by atoms with Crippen LogP contribution < -0.4 is 16.0 Å². The van der Waals surface area contributed by atoms with E-state index in [2.05, 4.69) is 20.9 Å². The third-order valence-corrected chi connectivity index (χ3v) is 2.85. The van der Waals surface area contributed by atoms with Crippen molar-refractivity contribution in [3.8, 4) is 0 Å². The molecule has 7 nitrogen and oxygen atoms in total. The van der Waals surface area contributed by atoms with E-state index in [4.69, 9.17) is 10.1 Å². The van der Waals surface area contributed by atoms with Crippen molar-refractivity contribution in [1.82, 2.24) is 15.6 Å². The second kappa shape index (κ2) is 8.50. The minimum Gasteiger partial charge on any atom is -0.354 e. The molecule has 1 atom stereocenters. The Morgan fingerprint density at radius 1 is 1.26 bits per heavy atom. The Morgan fingerprint density at radius 3 is 2.74 bits per heavy atom. The molecule has 1 unspecified atom stereocenters. The lowest BCUT2D eigenvalue weighted by Gasteiger charge is -2.16. The van der Waals surface area contributed by atoms with Crippen LogP contribution in [0.4, 0.5) is 10.5 Å². The van der Waals surface area contributed by atoms with Crippen molar-refractivity contribution in [2.45, 2.75) is 19.8 Å². The molecule has 4 N–H and O–H groups in total. The summed E-state index contributed by atoms with van der Waals surface area (Å²) in [7, 11) is 0. The summed E-state index contributed by atoms with van der Waals surface area (Å²) in [6.07, 6.45) is 2.70. The first kappa shape index (κ1) is 16.4. The molecule has 1 aromatic carbocycles. The van der Waals surface area contributed by atoms with Gasteiger partial charge in [0.05, 0.1) is 18.5 Å². The van der Waals surface area contributed by atoms with E-state index in [0.29, 0.717) is 12.3 Å². The molecular weight excluding hydrogens is 294 g/mol. The standard InChI is InChI=1S/C16H19N5O2/c1-12(23-11-13-6-3-2-4-7-13)19-16(22)21-15(17)20-14-8-5-9-18-10-14/h2-10,12H,11H2,1H3,(H4,17,19,20,21,22). The predicted octanol–water partition coefficient (Wildman–Crippen LogP) is 2.29. The molecule has 23 heavy (non-hydrogen) atoms. The van der Waals surface area contributed by atoms with Gasteiger partial charge < -0.3 is 15.4 Å². The van der Waals surface area contributed by atoms with Gasteiger partial charge in [0.25, 0.3) is 0 Å². The third kappa shape index (κ3) is 6.15. The molecule has 0 aliphatic heterocycles. The highest BCUT2D eigenvalue weighted by Gasteiger charge is 2.09. The molecule has 0 aliphatic rings. The number of ether oxygens (including phenoxy) is 1. The molecule has 0 aliphatic carbocycles. The number of guanidine groups is 1. The maximum atomic E-state index is 11.8. The van der Waals surface area contributed by atoms with E-state index in [1.165, 1.54) is 0 Å². The zero-order chi connectivity index (χ0) is 16.5. The van der Waals surface area contributed by atoms with Crippen LogP contribution in [0.15, 0.2) is 54.9 Å². The quantitative estimate of drug-likeness (QED) is 0.386. The number of urea groups is 1. The average Bonchev–Trinajstić information content (AvgIpc) is 2.54. The fraction of sp³-hybridized carbons (Fsp3) is 0.188. The number of pyridine rings is 1. The van der Waals surface area contributed by atoms with Crippen molar-refractivity contribution >= 4 is 17.7 Å². The minimum atomic E-state index is -0.521. The molecule has 1 heterocycles. The lowest BCUT2D eigenvalue weighted by Crippen LogP contribution is -2.46. The van der Waals surface area contributed by atoms with Gasteiger partial charge in [0, 0.05) is 6.20 Å².